The van der Waals surface area contributed by atoms with Crippen LogP contribution in [0.4, 0.5) is 18.9 Å². The summed E-state index contributed by atoms with van der Waals surface area (Å²) in [6.45, 7) is 0.142. The molecule has 3 N–H and O–H groups in total. The number of halogens is 3. The quantitative estimate of drug-likeness (QED) is 0.473. The van der Waals surface area contributed by atoms with Gasteiger partial charge < -0.3 is 10.6 Å². The Balaban J connectivity index is 1.88. The van der Waals surface area contributed by atoms with Crippen LogP contribution in [0.3, 0.4) is 0 Å². The highest BCUT2D eigenvalue weighted by Gasteiger charge is 2.58. The second kappa shape index (κ2) is 4.14. The van der Waals surface area contributed by atoms with Gasteiger partial charge in [0.1, 0.15) is 11.7 Å². The number of piperidine rings is 1. The van der Waals surface area contributed by atoms with E-state index >= 15 is 0 Å². The molecule has 0 atom stereocenters. The van der Waals surface area contributed by atoms with Crippen molar-refractivity contribution in [2.75, 3.05) is 12.3 Å². The molecular formula is C14H16F3N3. The molecule has 0 aromatic heterocycles. The molecule has 0 bridgehead atoms. The summed E-state index contributed by atoms with van der Waals surface area (Å²) in [4.78, 5) is 1.72. The van der Waals surface area contributed by atoms with Crippen molar-refractivity contribution in [1.29, 1.82) is 5.41 Å². The number of hydrogen-bond acceptors (Lipinski definition) is 2. The lowest BCUT2D eigenvalue weighted by molar-refractivity contribution is -0.0690. The number of amidine groups is 1. The van der Waals surface area contributed by atoms with Gasteiger partial charge in [0.05, 0.1) is 0 Å². The third-order valence-corrected chi connectivity index (χ3v) is 4.23. The minimum Gasteiger partial charge on any atom is -0.398 e. The molecule has 1 spiro atoms. The van der Waals surface area contributed by atoms with E-state index in [1.165, 1.54) is 12.1 Å². The molecule has 20 heavy (non-hydrogen) atoms. The molecule has 1 saturated carbocycles. The fraction of sp³-hybridized carbons (Fsp3) is 0.500. The van der Waals surface area contributed by atoms with Crippen LogP contribution in [0.5, 0.6) is 0 Å². The van der Waals surface area contributed by atoms with Crippen molar-refractivity contribution in [1.82, 2.24) is 4.90 Å². The molecule has 108 valence electrons. The zero-order valence-corrected chi connectivity index (χ0v) is 10.9. The summed E-state index contributed by atoms with van der Waals surface area (Å²) in [6.07, 6.45) is 0.889. The zero-order valence-electron chi connectivity index (χ0n) is 10.9. The number of hydrogen-bond donors (Lipinski definition) is 2. The first-order chi connectivity index (χ1) is 9.33. The molecular weight excluding hydrogens is 267 g/mol. The summed E-state index contributed by atoms with van der Waals surface area (Å²) in [5.41, 5.74) is 5.71. The summed E-state index contributed by atoms with van der Waals surface area (Å²) >= 11 is 0. The molecule has 2 aliphatic rings. The van der Waals surface area contributed by atoms with Crippen molar-refractivity contribution in [3.63, 3.8) is 0 Å². The monoisotopic (exact) mass is 283 g/mol. The number of nitrogen functional groups attached to an aromatic ring is 1. The second-order valence-electron chi connectivity index (χ2n) is 5.74. The van der Waals surface area contributed by atoms with Crippen molar-refractivity contribution in [2.45, 2.75) is 37.1 Å². The standard InChI is InChI=1S/C14H16F3N3/c15-9-1-2-10(11(18)7-9)12(19)20-6-5-14(16,17)8-13(20)3-4-13/h1-2,7,19H,3-6,8,18H2. The molecule has 3 rings (SSSR count). The number of nitrogens with zero attached hydrogens (tertiary/aromatic N) is 1. The van der Waals surface area contributed by atoms with Crippen LogP contribution in [0.15, 0.2) is 18.2 Å². The fourth-order valence-corrected chi connectivity index (χ4v) is 3.01. The van der Waals surface area contributed by atoms with E-state index in [0.29, 0.717) is 18.4 Å². The van der Waals surface area contributed by atoms with E-state index in [-0.39, 0.29) is 30.9 Å². The smallest absolute Gasteiger partial charge is 0.252 e. The molecule has 1 aliphatic heterocycles. The lowest BCUT2D eigenvalue weighted by Gasteiger charge is -2.41. The number of rotatable bonds is 1. The number of anilines is 1. The van der Waals surface area contributed by atoms with Gasteiger partial charge in [0.15, 0.2) is 0 Å². The molecule has 1 heterocycles. The summed E-state index contributed by atoms with van der Waals surface area (Å²) in [5.74, 6) is -3.00. The molecule has 0 radical (unpaired) electrons. The van der Waals surface area contributed by atoms with Gasteiger partial charge in [-0.3, -0.25) is 5.41 Å². The number of nitrogens with one attached hydrogen (secondary N) is 1. The maximum absolute atomic E-state index is 13.5. The van der Waals surface area contributed by atoms with Crippen molar-refractivity contribution < 1.29 is 13.2 Å². The molecule has 2 fully saturated rings. The predicted octanol–water partition coefficient (Wildman–Crippen LogP) is 3.00. The Kier molecular flexibility index (Phi) is 2.74. The van der Waals surface area contributed by atoms with Gasteiger partial charge in [-0.15, -0.1) is 0 Å². The number of likely N-dealkylation sites (tertiary alicyclic amines) is 1. The Morgan fingerprint density at radius 3 is 2.55 bits per heavy atom. The van der Waals surface area contributed by atoms with Crippen LogP contribution in [0.25, 0.3) is 0 Å². The fourth-order valence-electron chi connectivity index (χ4n) is 3.01. The summed E-state index contributed by atoms with van der Waals surface area (Å²) in [7, 11) is 0. The first kappa shape index (κ1) is 13.3. The molecule has 1 aliphatic carbocycles. The molecule has 3 nitrogen and oxygen atoms in total. The summed E-state index contributed by atoms with van der Waals surface area (Å²) < 4.78 is 40.1. The van der Waals surface area contributed by atoms with E-state index in [4.69, 9.17) is 11.1 Å². The minimum absolute atomic E-state index is 0.121. The van der Waals surface area contributed by atoms with Crippen molar-refractivity contribution >= 4 is 11.5 Å². The van der Waals surface area contributed by atoms with Crippen LogP contribution in [-0.4, -0.2) is 28.7 Å². The first-order valence-corrected chi connectivity index (χ1v) is 6.62. The van der Waals surface area contributed by atoms with E-state index in [1.807, 2.05) is 0 Å². The highest BCUT2D eigenvalue weighted by molar-refractivity contribution is 6.01. The third kappa shape index (κ3) is 2.13. The van der Waals surface area contributed by atoms with Gasteiger partial charge in [-0.1, -0.05) is 0 Å². The van der Waals surface area contributed by atoms with E-state index in [0.717, 1.165) is 6.07 Å². The molecule has 1 saturated heterocycles. The Hall–Kier alpha value is -1.72. The van der Waals surface area contributed by atoms with Crippen LogP contribution >= 0.6 is 0 Å². The maximum Gasteiger partial charge on any atom is 0.252 e. The Morgan fingerprint density at radius 2 is 1.95 bits per heavy atom. The second-order valence-corrected chi connectivity index (χ2v) is 5.74. The van der Waals surface area contributed by atoms with Crippen LogP contribution < -0.4 is 5.73 Å². The van der Waals surface area contributed by atoms with Gasteiger partial charge in [-0.2, -0.15) is 0 Å². The average Bonchev–Trinajstić information content (AvgIpc) is 3.07. The lowest BCUT2D eigenvalue weighted by atomic mass is 9.95. The van der Waals surface area contributed by atoms with E-state index in [1.54, 1.807) is 4.90 Å². The topological polar surface area (TPSA) is 53.1 Å². The minimum atomic E-state index is -2.65. The van der Waals surface area contributed by atoms with Crippen LogP contribution in [0.2, 0.25) is 0 Å². The number of benzene rings is 1. The van der Waals surface area contributed by atoms with Crippen molar-refractivity contribution in [3.05, 3.63) is 29.6 Å². The van der Waals surface area contributed by atoms with Gasteiger partial charge in [0.2, 0.25) is 0 Å². The largest absolute Gasteiger partial charge is 0.398 e. The zero-order chi connectivity index (χ0) is 14.5. The summed E-state index contributed by atoms with van der Waals surface area (Å²) in [5, 5.41) is 8.24. The van der Waals surface area contributed by atoms with Gasteiger partial charge in [-0.05, 0) is 31.0 Å². The predicted molar refractivity (Wildman–Crippen MR) is 70.5 cm³/mol. The summed E-state index contributed by atoms with van der Waals surface area (Å²) in [6, 6.07) is 3.83. The molecule has 0 amide bonds. The van der Waals surface area contributed by atoms with E-state index in [2.05, 4.69) is 0 Å². The van der Waals surface area contributed by atoms with Crippen LogP contribution in [0.1, 0.15) is 31.2 Å². The normalized spacial score (nSPS) is 22.9. The molecule has 6 heteroatoms. The molecule has 0 unspecified atom stereocenters. The SMILES string of the molecule is N=C(c1ccc(F)cc1N)N1CCC(F)(F)CC12CC2. The average molecular weight is 283 g/mol. The maximum atomic E-state index is 13.5. The van der Waals surface area contributed by atoms with Gasteiger partial charge in [-0.25, -0.2) is 13.2 Å². The lowest BCUT2D eigenvalue weighted by Crippen LogP contribution is -2.51. The highest BCUT2D eigenvalue weighted by Crippen LogP contribution is 2.53. The Labute approximate surface area is 115 Å². The molecule has 1 aromatic rings. The highest BCUT2D eigenvalue weighted by atomic mass is 19.3. The van der Waals surface area contributed by atoms with Gasteiger partial charge >= 0.3 is 0 Å². The van der Waals surface area contributed by atoms with E-state index in [9.17, 15) is 13.2 Å². The number of nitrogens with two attached hydrogens (primary N) is 1. The van der Waals surface area contributed by atoms with Gasteiger partial charge in [0.25, 0.3) is 5.92 Å². The third-order valence-electron chi connectivity index (χ3n) is 4.23. The van der Waals surface area contributed by atoms with Crippen LogP contribution in [0, 0.1) is 11.2 Å². The Morgan fingerprint density at radius 1 is 1.25 bits per heavy atom. The van der Waals surface area contributed by atoms with Crippen LogP contribution in [-0.2, 0) is 0 Å². The molecule has 1 aromatic carbocycles. The Bertz CT molecular complexity index is 567. The van der Waals surface area contributed by atoms with Crippen molar-refractivity contribution in [3.8, 4) is 0 Å². The van der Waals surface area contributed by atoms with Gasteiger partial charge in [0, 0.05) is 36.2 Å². The van der Waals surface area contributed by atoms with E-state index < -0.39 is 17.3 Å². The number of alkyl halides is 2. The first-order valence-electron chi connectivity index (χ1n) is 6.62. The van der Waals surface area contributed by atoms with Crippen molar-refractivity contribution in [2.24, 2.45) is 0 Å².